The van der Waals surface area contributed by atoms with Crippen molar-refractivity contribution in [3.8, 4) is 0 Å². The van der Waals surface area contributed by atoms with Gasteiger partial charge in [0.15, 0.2) is 0 Å². The van der Waals surface area contributed by atoms with Crippen LogP contribution in [0.1, 0.15) is 35.7 Å². The molecule has 0 radical (unpaired) electrons. The highest BCUT2D eigenvalue weighted by molar-refractivity contribution is 5.88. The van der Waals surface area contributed by atoms with Gasteiger partial charge in [0.05, 0.1) is 13.2 Å². The first-order valence-corrected chi connectivity index (χ1v) is 5.98. The van der Waals surface area contributed by atoms with Crippen LogP contribution in [0.2, 0.25) is 0 Å². The van der Waals surface area contributed by atoms with Gasteiger partial charge in [0, 0.05) is 6.61 Å². The van der Waals surface area contributed by atoms with Crippen molar-refractivity contribution in [1.82, 2.24) is 0 Å². The van der Waals surface area contributed by atoms with Crippen molar-refractivity contribution in [3.05, 3.63) is 23.2 Å². The lowest BCUT2D eigenvalue weighted by Crippen LogP contribution is -2.08. The predicted octanol–water partition coefficient (Wildman–Crippen LogP) is 2.48. The minimum atomic E-state index is -0.984. The molecule has 0 amide bonds. The molecule has 5 nitrogen and oxygen atoms in total. The van der Waals surface area contributed by atoms with Crippen LogP contribution in [0.25, 0.3) is 0 Å². The molecule has 1 rings (SSSR count). The lowest BCUT2D eigenvalue weighted by Gasteiger charge is -2.06. The molecule has 0 unspecified atom stereocenters. The summed E-state index contributed by atoms with van der Waals surface area (Å²) in [6.07, 6.45) is 0. The maximum atomic E-state index is 10.8. The van der Waals surface area contributed by atoms with Gasteiger partial charge in [-0.15, -0.1) is 0 Å². The summed E-state index contributed by atoms with van der Waals surface area (Å²) < 4.78 is 16.0. The summed E-state index contributed by atoms with van der Waals surface area (Å²) >= 11 is 0. The van der Waals surface area contributed by atoms with Crippen LogP contribution in [0.3, 0.4) is 0 Å². The molecule has 18 heavy (non-hydrogen) atoms. The first kappa shape index (κ1) is 14.7. The van der Waals surface area contributed by atoms with Gasteiger partial charge in [-0.05, 0) is 18.9 Å². The zero-order valence-corrected chi connectivity index (χ0v) is 11.1. The molecule has 0 atom stereocenters. The van der Waals surface area contributed by atoms with Crippen molar-refractivity contribution in [3.63, 3.8) is 0 Å². The number of carboxylic acid groups (broad SMARTS) is 1. The maximum Gasteiger partial charge on any atom is 0.339 e. The highest BCUT2D eigenvalue weighted by Crippen LogP contribution is 2.15. The van der Waals surface area contributed by atoms with Crippen LogP contribution in [0.4, 0.5) is 0 Å². The molecule has 1 heterocycles. The molecule has 0 aliphatic carbocycles. The Hall–Kier alpha value is -1.33. The first-order valence-electron chi connectivity index (χ1n) is 5.98. The van der Waals surface area contributed by atoms with Gasteiger partial charge in [0.25, 0.3) is 0 Å². The Morgan fingerprint density at radius 2 is 2.06 bits per heavy atom. The lowest BCUT2D eigenvalue weighted by molar-refractivity contribution is 0.0262. The van der Waals surface area contributed by atoms with Crippen molar-refractivity contribution < 1.29 is 23.8 Å². The van der Waals surface area contributed by atoms with Crippen molar-refractivity contribution >= 4 is 5.97 Å². The van der Waals surface area contributed by atoms with Crippen LogP contribution in [0.15, 0.2) is 10.5 Å². The zero-order chi connectivity index (χ0) is 13.5. The third kappa shape index (κ3) is 4.89. The standard InChI is InChI=1S/C13H20O5/c1-9(2)7-16-4-5-17-8-11-6-12(13(14)15)10(3)18-11/h6,9H,4-5,7-8H2,1-3H3,(H,14,15). The number of carboxylic acids is 1. The van der Waals surface area contributed by atoms with Crippen molar-refractivity contribution in [2.45, 2.75) is 27.4 Å². The summed E-state index contributed by atoms with van der Waals surface area (Å²) in [5.74, 6) is 0.449. The molecular formula is C13H20O5. The van der Waals surface area contributed by atoms with E-state index in [4.69, 9.17) is 19.0 Å². The Morgan fingerprint density at radius 3 is 2.61 bits per heavy atom. The Kier molecular flexibility index (Phi) is 5.88. The van der Waals surface area contributed by atoms with Crippen molar-refractivity contribution in [2.75, 3.05) is 19.8 Å². The van der Waals surface area contributed by atoms with E-state index in [1.54, 1.807) is 6.92 Å². The Morgan fingerprint density at radius 1 is 1.39 bits per heavy atom. The second-order valence-corrected chi connectivity index (χ2v) is 4.51. The van der Waals surface area contributed by atoms with Gasteiger partial charge in [-0.3, -0.25) is 0 Å². The number of furan rings is 1. The molecule has 0 saturated heterocycles. The van der Waals surface area contributed by atoms with E-state index in [0.717, 1.165) is 0 Å². The monoisotopic (exact) mass is 256 g/mol. The predicted molar refractivity (Wildman–Crippen MR) is 65.7 cm³/mol. The molecule has 0 bridgehead atoms. The van der Waals surface area contributed by atoms with Gasteiger partial charge in [-0.1, -0.05) is 13.8 Å². The lowest BCUT2D eigenvalue weighted by atomic mass is 10.2. The number of rotatable bonds is 8. The molecule has 1 aromatic heterocycles. The summed E-state index contributed by atoms with van der Waals surface area (Å²) in [6.45, 7) is 7.77. The number of hydrogen-bond donors (Lipinski definition) is 1. The fourth-order valence-corrected chi connectivity index (χ4v) is 1.44. The number of aromatic carboxylic acids is 1. The Balaban J connectivity index is 2.23. The van der Waals surface area contributed by atoms with E-state index in [1.165, 1.54) is 6.07 Å². The van der Waals surface area contributed by atoms with E-state index in [-0.39, 0.29) is 12.2 Å². The zero-order valence-electron chi connectivity index (χ0n) is 11.1. The topological polar surface area (TPSA) is 68.9 Å². The molecule has 0 aromatic carbocycles. The summed E-state index contributed by atoms with van der Waals surface area (Å²) in [4.78, 5) is 10.8. The van der Waals surface area contributed by atoms with Gasteiger partial charge < -0.3 is 19.0 Å². The largest absolute Gasteiger partial charge is 0.478 e. The third-order valence-electron chi connectivity index (χ3n) is 2.27. The van der Waals surface area contributed by atoms with Crippen LogP contribution >= 0.6 is 0 Å². The smallest absolute Gasteiger partial charge is 0.339 e. The molecule has 5 heteroatoms. The van der Waals surface area contributed by atoms with Gasteiger partial charge >= 0.3 is 5.97 Å². The van der Waals surface area contributed by atoms with Gasteiger partial charge in [-0.25, -0.2) is 4.79 Å². The summed E-state index contributed by atoms with van der Waals surface area (Å²) in [7, 11) is 0. The third-order valence-corrected chi connectivity index (χ3v) is 2.27. The van der Waals surface area contributed by atoms with Gasteiger partial charge in [-0.2, -0.15) is 0 Å². The van der Waals surface area contributed by atoms with Gasteiger partial charge in [0.2, 0.25) is 0 Å². The SMILES string of the molecule is Cc1oc(COCCOCC(C)C)cc1C(=O)O. The van der Waals surface area contributed by atoms with Gasteiger partial charge in [0.1, 0.15) is 23.7 Å². The average Bonchev–Trinajstić information content (AvgIpc) is 2.64. The van der Waals surface area contributed by atoms with E-state index < -0.39 is 5.97 Å². The summed E-state index contributed by atoms with van der Waals surface area (Å²) in [6, 6.07) is 1.49. The number of carbonyl (C=O) groups is 1. The highest BCUT2D eigenvalue weighted by atomic mass is 16.5. The molecule has 0 fully saturated rings. The summed E-state index contributed by atoms with van der Waals surface area (Å²) in [5, 5.41) is 8.85. The molecule has 1 aromatic rings. The van der Waals surface area contributed by atoms with E-state index >= 15 is 0 Å². The quantitative estimate of drug-likeness (QED) is 0.723. The molecule has 0 aliphatic heterocycles. The van der Waals surface area contributed by atoms with E-state index in [0.29, 0.717) is 37.3 Å². The summed E-state index contributed by atoms with van der Waals surface area (Å²) in [5.41, 5.74) is 0.185. The maximum absolute atomic E-state index is 10.8. The minimum Gasteiger partial charge on any atom is -0.478 e. The number of aryl methyl sites for hydroxylation is 1. The Labute approximate surface area is 107 Å². The van der Waals surface area contributed by atoms with E-state index in [2.05, 4.69) is 13.8 Å². The fraction of sp³-hybridized carbons (Fsp3) is 0.615. The average molecular weight is 256 g/mol. The van der Waals surface area contributed by atoms with E-state index in [9.17, 15) is 4.79 Å². The number of ether oxygens (including phenoxy) is 2. The van der Waals surface area contributed by atoms with Crippen LogP contribution in [-0.4, -0.2) is 30.9 Å². The number of hydrogen-bond acceptors (Lipinski definition) is 4. The molecule has 0 saturated carbocycles. The molecule has 1 N–H and O–H groups in total. The van der Waals surface area contributed by atoms with Crippen LogP contribution in [0.5, 0.6) is 0 Å². The molecule has 0 spiro atoms. The first-order chi connectivity index (χ1) is 8.50. The van der Waals surface area contributed by atoms with E-state index in [1.807, 2.05) is 0 Å². The second-order valence-electron chi connectivity index (χ2n) is 4.51. The minimum absolute atomic E-state index is 0.185. The molecule has 0 aliphatic rings. The molecule has 102 valence electrons. The highest BCUT2D eigenvalue weighted by Gasteiger charge is 2.13. The van der Waals surface area contributed by atoms with Crippen molar-refractivity contribution in [1.29, 1.82) is 0 Å². The Bertz CT molecular complexity index is 381. The van der Waals surface area contributed by atoms with Crippen LogP contribution in [-0.2, 0) is 16.1 Å². The fourth-order valence-electron chi connectivity index (χ4n) is 1.44. The van der Waals surface area contributed by atoms with Crippen LogP contribution < -0.4 is 0 Å². The second kappa shape index (κ2) is 7.18. The normalized spacial score (nSPS) is 11.1. The van der Waals surface area contributed by atoms with Crippen LogP contribution in [0, 0.1) is 12.8 Å². The van der Waals surface area contributed by atoms with Crippen molar-refractivity contribution in [2.24, 2.45) is 5.92 Å². The molecular weight excluding hydrogens is 236 g/mol.